The highest BCUT2D eigenvalue weighted by molar-refractivity contribution is 9.10. The monoisotopic (exact) mass is 497 g/mol. The van der Waals surface area contributed by atoms with Crippen LogP contribution in [0.1, 0.15) is 22.3 Å². The summed E-state index contributed by atoms with van der Waals surface area (Å²) >= 11 is 3.39. The molecule has 1 amide bonds. The van der Waals surface area contributed by atoms with E-state index in [1.165, 1.54) is 0 Å². The molecule has 4 aromatic rings. The van der Waals surface area contributed by atoms with Crippen LogP contribution >= 0.6 is 15.9 Å². The van der Waals surface area contributed by atoms with Gasteiger partial charge in [-0.3, -0.25) is 4.79 Å². The zero-order chi connectivity index (χ0) is 23.0. The zero-order valence-corrected chi connectivity index (χ0v) is 19.2. The van der Waals surface area contributed by atoms with Gasteiger partial charge in [-0.1, -0.05) is 70.5 Å². The highest BCUT2D eigenvalue weighted by Gasteiger charge is 2.09. The van der Waals surface area contributed by atoms with Gasteiger partial charge in [-0.15, -0.1) is 0 Å². The van der Waals surface area contributed by atoms with Crippen molar-refractivity contribution in [2.45, 2.75) is 13.0 Å². The molecule has 33 heavy (non-hydrogen) atoms. The van der Waals surface area contributed by atoms with Crippen LogP contribution in [-0.4, -0.2) is 12.1 Å². The Balaban J connectivity index is 1.52. The summed E-state index contributed by atoms with van der Waals surface area (Å²) in [6.07, 6.45) is 1.85. The summed E-state index contributed by atoms with van der Waals surface area (Å²) in [7, 11) is 0. The first kappa shape index (κ1) is 22.3. The van der Waals surface area contributed by atoms with Gasteiger partial charge in [0.1, 0.15) is 12.4 Å². The summed E-state index contributed by atoms with van der Waals surface area (Å²) in [4.78, 5) is 12.3. The van der Waals surface area contributed by atoms with Crippen LogP contribution in [0.2, 0.25) is 0 Å². The maximum Gasteiger partial charge on any atom is 0.244 e. The number of nitrogens with one attached hydrogen (secondary N) is 1. The Kier molecular flexibility index (Phi) is 7.13. The molecular formula is C27H20BrN3O2. The van der Waals surface area contributed by atoms with Gasteiger partial charge in [-0.2, -0.15) is 10.4 Å². The molecule has 0 aromatic heterocycles. The summed E-state index contributed by atoms with van der Waals surface area (Å²) in [5.74, 6) is 0.437. The Hall–Kier alpha value is -3.95. The molecule has 0 aliphatic heterocycles. The Labute approximate surface area is 200 Å². The fraction of sp³-hybridized carbons (Fsp3) is 0.0741. The van der Waals surface area contributed by atoms with E-state index in [4.69, 9.17) is 10.00 Å². The lowest BCUT2D eigenvalue weighted by Crippen LogP contribution is -2.19. The molecule has 1 N–H and O–H groups in total. The first-order chi connectivity index (χ1) is 16.1. The third kappa shape index (κ3) is 5.85. The van der Waals surface area contributed by atoms with Crippen molar-refractivity contribution in [3.05, 3.63) is 112 Å². The van der Waals surface area contributed by atoms with Gasteiger partial charge in [0.15, 0.2) is 0 Å². The molecule has 5 nitrogen and oxygen atoms in total. The van der Waals surface area contributed by atoms with E-state index in [0.717, 1.165) is 31.9 Å². The summed E-state index contributed by atoms with van der Waals surface area (Å²) in [6.45, 7) is 0.310. The molecule has 0 saturated carbocycles. The van der Waals surface area contributed by atoms with Crippen molar-refractivity contribution in [2.24, 2.45) is 5.10 Å². The lowest BCUT2D eigenvalue weighted by atomic mass is 10.0. The van der Waals surface area contributed by atoms with Crippen LogP contribution in [0.15, 0.2) is 94.5 Å². The maximum absolute atomic E-state index is 12.3. The third-order valence-electron chi connectivity index (χ3n) is 5.04. The lowest BCUT2D eigenvalue weighted by Gasteiger charge is -2.12. The summed E-state index contributed by atoms with van der Waals surface area (Å²) in [5.41, 5.74) is 5.76. The zero-order valence-electron chi connectivity index (χ0n) is 17.7. The van der Waals surface area contributed by atoms with Crippen LogP contribution in [0.4, 0.5) is 0 Å². The van der Waals surface area contributed by atoms with Gasteiger partial charge in [-0.05, 0) is 52.2 Å². The Morgan fingerprint density at radius 2 is 1.82 bits per heavy atom. The van der Waals surface area contributed by atoms with E-state index in [9.17, 15) is 4.79 Å². The molecule has 0 aliphatic carbocycles. The molecule has 0 fully saturated rings. The van der Waals surface area contributed by atoms with E-state index in [-0.39, 0.29) is 12.3 Å². The Morgan fingerprint density at radius 3 is 2.64 bits per heavy atom. The van der Waals surface area contributed by atoms with Crippen LogP contribution in [0.3, 0.4) is 0 Å². The Bertz CT molecular complexity index is 1360. The van der Waals surface area contributed by atoms with E-state index in [1.807, 2.05) is 72.8 Å². The van der Waals surface area contributed by atoms with Crippen molar-refractivity contribution < 1.29 is 9.53 Å². The van der Waals surface area contributed by atoms with Crippen LogP contribution < -0.4 is 10.2 Å². The average Bonchev–Trinajstić information content (AvgIpc) is 2.85. The minimum absolute atomic E-state index is 0.204. The van der Waals surface area contributed by atoms with E-state index in [2.05, 4.69) is 32.5 Å². The van der Waals surface area contributed by atoms with Gasteiger partial charge >= 0.3 is 0 Å². The predicted molar refractivity (Wildman–Crippen MR) is 133 cm³/mol. The van der Waals surface area contributed by atoms with E-state index in [0.29, 0.717) is 17.9 Å². The fourth-order valence-corrected chi connectivity index (χ4v) is 3.69. The van der Waals surface area contributed by atoms with E-state index < -0.39 is 0 Å². The number of halogens is 1. The van der Waals surface area contributed by atoms with Crippen molar-refractivity contribution >= 4 is 38.8 Å². The number of carbonyl (C=O) groups is 1. The number of nitrogens with zero attached hydrogens (tertiary/aromatic N) is 2. The van der Waals surface area contributed by atoms with Crippen LogP contribution in [-0.2, 0) is 17.8 Å². The number of rotatable bonds is 7. The number of nitriles is 1. The van der Waals surface area contributed by atoms with Gasteiger partial charge in [0.2, 0.25) is 5.91 Å². The fourth-order valence-electron chi connectivity index (χ4n) is 3.42. The highest BCUT2D eigenvalue weighted by Crippen LogP contribution is 2.27. The average molecular weight is 498 g/mol. The SMILES string of the molecule is N#Cc1cccc(COc2ccc3ccccc3c2/C=N/NC(=O)Cc2ccc(Br)cc2)c1. The highest BCUT2D eigenvalue weighted by atomic mass is 79.9. The third-order valence-corrected chi connectivity index (χ3v) is 5.57. The van der Waals surface area contributed by atoms with Gasteiger partial charge < -0.3 is 4.74 Å². The predicted octanol–water partition coefficient (Wildman–Crippen LogP) is 5.75. The molecule has 4 rings (SSSR count). The van der Waals surface area contributed by atoms with Crippen LogP contribution in [0.25, 0.3) is 10.8 Å². The Morgan fingerprint density at radius 1 is 1.00 bits per heavy atom. The number of fused-ring (bicyclic) bond motifs is 1. The summed E-state index contributed by atoms with van der Waals surface area (Å²) in [5, 5.41) is 15.3. The van der Waals surface area contributed by atoms with Crippen LogP contribution in [0, 0.1) is 11.3 Å². The minimum Gasteiger partial charge on any atom is -0.488 e. The molecule has 0 atom stereocenters. The van der Waals surface area contributed by atoms with Crippen molar-refractivity contribution in [1.82, 2.24) is 5.43 Å². The number of amides is 1. The number of hydrazone groups is 1. The van der Waals surface area contributed by atoms with Gasteiger partial charge in [-0.25, -0.2) is 5.43 Å². The molecule has 0 saturated heterocycles. The minimum atomic E-state index is -0.204. The molecule has 162 valence electrons. The number of hydrogen-bond acceptors (Lipinski definition) is 4. The standard InChI is InChI=1S/C27H20BrN3O2/c28-23-11-8-19(9-12-23)15-27(32)31-30-17-25-24-7-2-1-6-22(24)10-13-26(25)33-18-21-5-3-4-20(14-21)16-29/h1-14,17H,15,18H2,(H,31,32)/b30-17+. The van der Waals surface area contributed by atoms with Crippen LogP contribution in [0.5, 0.6) is 5.75 Å². The van der Waals surface area contributed by atoms with Gasteiger partial charge in [0.25, 0.3) is 0 Å². The molecule has 0 aliphatic rings. The smallest absolute Gasteiger partial charge is 0.244 e. The number of hydrogen-bond donors (Lipinski definition) is 1. The molecule has 0 bridgehead atoms. The number of ether oxygens (including phenoxy) is 1. The molecule has 0 spiro atoms. The molecule has 4 aromatic carbocycles. The second-order valence-corrected chi connectivity index (χ2v) is 8.31. The lowest BCUT2D eigenvalue weighted by molar-refractivity contribution is -0.120. The number of carbonyl (C=O) groups excluding carboxylic acids is 1. The summed E-state index contributed by atoms with van der Waals surface area (Å²) < 4.78 is 7.04. The molecule has 0 unspecified atom stereocenters. The molecule has 0 heterocycles. The number of benzene rings is 4. The molecule has 6 heteroatoms. The quantitative estimate of drug-likeness (QED) is 0.261. The van der Waals surface area contributed by atoms with Gasteiger partial charge in [0.05, 0.1) is 24.3 Å². The second kappa shape index (κ2) is 10.6. The van der Waals surface area contributed by atoms with Crippen molar-refractivity contribution in [2.75, 3.05) is 0 Å². The van der Waals surface area contributed by atoms with Crippen molar-refractivity contribution in [3.8, 4) is 11.8 Å². The second-order valence-electron chi connectivity index (χ2n) is 7.40. The topological polar surface area (TPSA) is 74.5 Å². The first-order valence-electron chi connectivity index (χ1n) is 10.3. The van der Waals surface area contributed by atoms with Gasteiger partial charge in [0, 0.05) is 10.0 Å². The maximum atomic E-state index is 12.3. The van der Waals surface area contributed by atoms with Crippen molar-refractivity contribution in [3.63, 3.8) is 0 Å². The molecule has 0 radical (unpaired) electrons. The van der Waals surface area contributed by atoms with Crippen molar-refractivity contribution in [1.29, 1.82) is 5.26 Å². The summed E-state index contributed by atoms with van der Waals surface area (Å²) in [6, 6.07) is 28.8. The van der Waals surface area contributed by atoms with E-state index in [1.54, 1.807) is 18.3 Å². The normalized spacial score (nSPS) is 10.8. The molecular weight excluding hydrogens is 478 g/mol. The van der Waals surface area contributed by atoms with E-state index >= 15 is 0 Å². The largest absolute Gasteiger partial charge is 0.488 e. The first-order valence-corrected chi connectivity index (χ1v) is 11.1.